The number of nitrogens with zero attached hydrogens (tertiary/aromatic N) is 1. The highest BCUT2D eigenvalue weighted by Gasteiger charge is 2.17. The maximum Gasteiger partial charge on any atom is 0.116 e. The van der Waals surface area contributed by atoms with Crippen molar-refractivity contribution in [2.45, 2.75) is 31.8 Å². The van der Waals surface area contributed by atoms with Crippen molar-refractivity contribution in [1.82, 2.24) is 9.88 Å². The van der Waals surface area contributed by atoms with Crippen LogP contribution in [-0.2, 0) is 13.6 Å². The molecule has 3 heteroatoms. The van der Waals surface area contributed by atoms with Crippen LogP contribution in [0, 0.1) is 0 Å². The molecular formula is C14H18N2O. The SMILES string of the molecule is Cn1cc(CNC2CCC2)c2cc(O)ccc21. The molecule has 0 unspecified atom stereocenters. The van der Waals surface area contributed by atoms with Crippen LogP contribution in [0.4, 0.5) is 0 Å². The number of phenols is 1. The Kier molecular flexibility index (Phi) is 2.56. The smallest absolute Gasteiger partial charge is 0.116 e. The van der Waals surface area contributed by atoms with Gasteiger partial charge in [0.25, 0.3) is 0 Å². The maximum absolute atomic E-state index is 9.57. The molecule has 0 spiro atoms. The number of fused-ring (bicyclic) bond motifs is 1. The molecule has 1 heterocycles. The van der Waals surface area contributed by atoms with Crippen molar-refractivity contribution >= 4 is 10.9 Å². The van der Waals surface area contributed by atoms with Gasteiger partial charge in [0, 0.05) is 36.7 Å². The lowest BCUT2D eigenvalue weighted by Gasteiger charge is -2.26. The van der Waals surface area contributed by atoms with Crippen molar-refractivity contribution in [2.24, 2.45) is 7.05 Å². The van der Waals surface area contributed by atoms with Gasteiger partial charge < -0.3 is 15.0 Å². The predicted octanol–water partition coefficient (Wildman–Crippen LogP) is 2.53. The van der Waals surface area contributed by atoms with Gasteiger partial charge in [0.15, 0.2) is 0 Å². The highest BCUT2D eigenvalue weighted by molar-refractivity contribution is 5.85. The van der Waals surface area contributed by atoms with Crippen LogP contribution in [0.1, 0.15) is 24.8 Å². The van der Waals surface area contributed by atoms with E-state index >= 15 is 0 Å². The molecule has 1 aliphatic carbocycles. The molecule has 0 radical (unpaired) electrons. The Morgan fingerprint density at radius 1 is 1.41 bits per heavy atom. The third-order valence-electron chi connectivity index (χ3n) is 3.74. The summed E-state index contributed by atoms with van der Waals surface area (Å²) in [7, 11) is 2.05. The first-order valence-electron chi connectivity index (χ1n) is 6.24. The predicted molar refractivity (Wildman–Crippen MR) is 69.1 cm³/mol. The Balaban J connectivity index is 1.89. The fourth-order valence-corrected chi connectivity index (χ4v) is 2.47. The fraction of sp³-hybridized carbons (Fsp3) is 0.429. The Bertz CT molecular complexity index is 540. The molecule has 0 bridgehead atoms. The summed E-state index contributed by atoms with van der Waals surface area (Å²) in [5.74, 6) is 0.341. The molecule has 1 aliphatic rings. The van der Waals surface area contributed by atoms with Gasteiger partial charge in [-0.25, -0.2) is 0 Å². The minimum atomic E-state index is 0.341. The largest absolute Gasteiger partial charge is 0.508 e. The summed E-state index contributed by atoms with van der Waals surface area (Å²) >= 11 is 0. The van der Waals surface area contributed by atoms with E-state index in [-0.39, 0.29) is 0 Å². The molecule has 0 aliphatic heterocycles. The number of rotatable bonds is 3. The van der Waals surface area contributed by atoms with Gasteiger partial charge in [0.05, 0.1) is 0 Å². The third-order valence-corrected chi connectivity index (χ3v) is 3.74. The van der Waals surface area contributed by atoms with E-state index in [9.17, 15) is 5.11 Å². The second-order valence-electron chi connectivity index (χ2n) is 4.98. The van der Waals surface area contributed by atoms with E-state index in [0.29, 0.717) is 11.8 Å². The first-order chi connectivity index (χ1) is 8.24. The Hall–Kier alpha value is -1.48. The van der Waals surface area contributed by atoms with Gasteiger partial charge in [-0.2, -0.15) is 0 Å². The van der Waals surface area contributed by atoms with Gasteiger partial charge in [-0.3, -0.25) is 0 Å². The number of aromatic nitrogens is 1. The molecular weight excluding hydrogens is 212 g/mol. The van der Waals surface area contributed by atoms with Gasteiger partial charge in [-0.05, 0) is 36.6 Å². The summed E-state index contributed by atoms with van der Waals surface area (Å²) < 4.78 is 2.12. The summed E-state index contributed by atoms with van der Waals surface area (Å²) in [5.41, 5.74) is 2.44. The van der Waals surface area contributed by atoms with E-state index in [1.807, 2.05) is 19.2 Å². The zero-order chi connectivity index (χ0) is 11.8. The van der Waals surface area contributed by atoms with E-state index in [0.717, 1.165) is 11.9 Å². The standard InChI is InChI=1S/C14H18N2O/c1-16-9-10(8-15-11-3-2-4-11)13-7-12(17)5-6-14(13)16/h5-7,9,11,15,17H,2-4,8H2,1H3. The van der Waals surface area contributed by atoms with E-state index < -0.39 is 0 Å². The van der Waals surface area contributed by atoms with Crippen LogP contribution in [0.5, 0.6) is 5.75 Å². The Morgan fingerprint density at radius 2 is 2.24 bits per heavy atom. The van der Waals surface area contributed by atoms with Gasteiger partial charge in [0.2, 0.25) is 0 Å². The quantitative estimate of drug-likeness (QED) is 0.850. The normalized spacial score (nSPS) is 16.3. The summed E-state index contributed by atoms with van der Waals surface area (Å²) in [4.78, 5) is 0. The van der Waals surface area contributed by atoms with Crippen molar-refractivity contribution in [1.29, 1.82) is 0 Å². The lowest BCUT2D eigenvalue weighted by Crippen LogP contribution is -2.34. The zero-order valence-electron chi connectivity index (χ0n) is 10.1. The number of phenolic OH excluding ortho intramolecular Hbond substituents is 1. The molecule has 2 N–H and O–H groups in total. The third kappa shape index (κ3) is 1.91. The van der Waals surface area contributed by atoms with Crippen LogP contribution in [0.3, 0.4) is 0 Å². The number of aromatic hydroxyl groups is 1. The lowest BCUT2D eigenvalue weighted by molar-refractivity contribution is 0.338. The maximum atomic E-state index is 9.57. The molecule has 1 saturated carbocycles. The van der Waals surface area contributed by atoms with E-state index in [1.165, 1.54) is 30.3 Å². The average Bonchev–Trinajstić information content (AvgIpc) is 2.53. The van der Waals surface area contributed by atoms with Gasteiger partial charge >= 0.3 is 0 Å². The zero-order valence-corrected chi connectivity index (χ0v) is 10.1. The molecule has 0 atom stereocenters. The lowest BCUT2D eigenvalue weighted by atomic mass is 9.93. The monoisotopic (exact) mass is 230 g/mol. The molecule has 0 saturated heterocycles. The second kappa shape index (κ2) is 4.08. The first kappa shape index (κ1) is 10.7. The van der Waals surface area contributed by atoms with Crippen LogP contribution >= 0.6 is 0 Å². The van der Waals surface area contributed by atoms with E-state index in [1.54, 1.807) is 6.07 Å². The number of nitrogens with one attached hydrogen (secondary N) is 1. The van der Waals surface area contributed by atoms with Crippen LogP contribution in [0.25, 0.3) is 10.9 Å². The Morgan fingerprint density at radius 3 is 2.94 bits per heavy atom. The van der Waals surface area contributed by atoms with Crippen molar-refractivity contribution in [3.05, 3.63) is 30.0 Å². The van der Waals surface area contributed by atoms with Crippen molar-refractivity contribution in [2.75, 3.05) is 0 Å². The van der Waals surface area contributed by atoms with Crippen LogP contribution in [0.2, 0.25) is 0 Å². The van der Waals surface area contributed by atoms with Gasteiger partial charge in [0.1, 0.15) is 5.75 Å². The van der Waals surface area contributed by atoms with Gasteiger partial charge in [-0.15, -0.1) is 0 Å². The number of hydrogen-bond donors (Lipinski definition) is 2. The molecule has 2 aromatic rings. The Labute approximate surface area is 101 Å². The molecule has 90 valence electrons. The van der Waals surface area contributed by atoms with Gasteiger partial charge in [-0.1, -0.05) is 6.42 Å². The van der Waals surface area contributed by atoms with Crippen LogP contribution in [-0.4, -0.2) is 15.7 Å². The highest BCUT2D eigenvalue weighted by Crippen LogP contribution is 2.25. The topological polar surface area (TPSA) is 37.2 Å². The van der Waals surface area contributed by atoms with Crippen LogP contribution in [0.15, 0.2) is 24.4 Å². The molecule has 3 nitrogen and oxygen atoms in total. The fourth-order valence-electron chi connectivity index (χ4n) is 2.47. The van der Waals surface area contributed by atoms with E-state index in [4.69, 9.17) is 0 Å². The minimum Gasteiger partial charge on any atom is -0.508 e. The molecule has 0 amide bonds. The summed E-state index contributed by atoms with van der Waals surface area (Å²) in [5, 5.41) is 14.3. The van der Waals surface area contributed by atoms with Crippen LogP contribution < -0.4 is 5.32 Å². The van der Waals surface area contributed by atoms with Crippen molar-refractivity contribution in [3.8, 4) is 5.75 Å². The summed E-state index contributed by atoms with van der Waals surface area (Å²) in [6, 6.07) is 6.26. The summed E-state index contributed by atoms with van der Waals surface area (Å²) in [6.45, 7) is 0.894. The molecule has 3 rings (SSSR count). The molecule has 1 aromatic carbocycles. The average molecular weight is 230 g/mol. The van der Waals surface area contributed by atoms with Crippen molar-refractivity contribution in [3.63, 3.8) is 0 Å². The molecule has 1 fully saturated rings. The molecule has 17 heavy (non-hydrogen) atoms. The number of hydrogen-bond acceptors (Lipinski definition) is 2. The summed E-state index contributed by atoms with van der Waals surface area (Å²) in [6.07, 6.45) is 6.11. The van der Waals surface area contributed by atoms with E-state index in [2.05, 4.69) is 16.1 Å². The molecule has 1 aromatic heterocycles. The minimum absolute atomic E-state index is 0.341. The highest BCUT2D eigenvalue weighted by atomic mass is 16.3. The van der Waals surface area contributed by atoms with Crippen molar-refractivity contribution < 1.29 is 5.11 Å². The number of aryl methyl sites for hydroxylation is 1. The second-order valence-corrected chi connectivity index (χ2v) is 4.98. The first-order valence-corrected chi connectivity index (χ1v) is 6.24. The number of benzene rings is 1.